The number of alkyl carbamates (subject to hydrolysis) is 1. The number of amides is 1. The molecule has 1 fully saturated rings. The first-order valence-electron chi connectivity index (χ1n) is 7.82. The molecule has 2 heterocycles. The molecule has 2 rings (SSSR count). The number of anilines is 1. The summed E-state index contributed by atoms with van der Waals surface area (Å²) in [5.74, 6) is 1.62. The van der Waals surface area contributed by atoms with Gasteiger partial charge in [0.25, 0.3) is 11.8 Å². The van der Waals surface area contributed by atoms with Gasteiger partial charge in [0.2, 0.25) is 0 Å². The number of hydrogen-bond acceptors (Lipinski definition) is 6. The Balaban J connectivity index is 1.94. The van der Waals surface area contributed by atoms with Gasteiger partial charge in [-0.15, -0.1) is 0 Å². The van der Waals surface area contributed by atoms with Crippen LogP contribution in [0, 0.1) is 5.92 Å². The molecule has 0 aromatic carbocycles. The highest BCUT2D eigenvalue weighted by atomic mass is 16.6. The molecule has 1 saturated heterocycles. The van der Waals surface area contributed by atoms with Gasteiger partial charge in [0, 0.05) is 13.1 Å². The maximum atomic E-state index is 11.8. The highest BCUT2D eigenvalue weighted by Gasteiger charge is 2.24. The van der Waals surface area contributed by atoms with E-state index < -0.39 is 17.7 Å². The molecule has 0 saturated carbocycles. The molecule has 0 unspecified atom stereocenters. The first-order valence-corrected chi connectivity index (χ1v) is 7.82. The molecule has 0 radical (unpaired) electrons. The van der Waals surface area contributed by atoms with E-state index in [1.54, 1.807) is 6.92 Å². The van der Waals surface area contributed by atoms with Crippen molar-refractivity contribution in [3.8, 4) is 0 Å². The van der Waals surface area contributed by atoms with E-state index in [4.69, 9.17) is 9.26 Å². The number of rotatable bonds is 3. The van der Waals surface area contributed by atoms with Crippen LogP contribution < -0.4 is 10.2 Å². The third kappa shape index (κ3) is 4.61. The smallest absolute Gasteiger partial charge is 0.408 e. The lowest BCUT2D eigenvalue weighted by Crippen LogP contribution is -2.35. The zero-order valence-corrected chi connectivity index (χ0v) is 14.0. The zero-order valence-electron chi connectivity index (χ0n) is 14.0. The van der Waals surface area contributed by atoms with Crippen molar-refractivity contribution in [1.82, 2.24) is 15.5 Å². The van der Waals surface area contributed by atoms with Gasteiger partial charge >= 0.3 is 6.09 Å². The van der Waals surface area contributed by atoms with Crippen LogP contribution in [0.5, 0.6) is 0 Å². The minimum atomic E-state index is -0.534. The van der Waals surface area contributed by atoms with Crippen LogP contribution in [-0.2, 0) is 4.74 Å². The van der Waals surface area contributed by atoms with Crippen LogP contribution in [0.25, 0.3) is 0 Å². The van der Waals surface area contributed by atoms with Crippen molar-refractivity contribution in [1.29, 1.82) is 0 Å². The summed E-state index contributed by atoms with van der Waals surface area (Å²) in [4.78, 5) is 18.3. The normalized spacial score (nSPS) is 20.6. The molecule has 22 heavy (non-hydrogen) atoms. The summed E-state index contributed by atoms with van der Waals surface area (Å²) in [5, 5.41) is 6.73. The van der Waals surface area contributed by atoms with E-state index in [1.807, 2.05) is 20.8 Å². The molecule has 2 atom stereocenters. The number of carbonyl (C=O) groups is 1. The van der Waals surface area contributed by atoms with Gasteiger partial charge in [-0.25, -0.2) is 4.79 Å². The predicted molar refractivity (Wildman–Crippen MR) is 82.7 cm³/mol. The fraction of sp³-hybridized carbons (Fsp3) is 0.800. The maximum Gasteiger partial charge on any atom is 0.408 e. The second kappa shape index (κ2) is 6.54. The van der Waals surface area contributed by atoms with Crippen molar-refractivity contribution in [3.05, 3.63) is 5.89 Å². The number of nitrogens with zero attached hydrogens (tertiary/aromatic N) is 3. The third-order valence-electron chi connectivity index (χ3n) is 3.47. The molecular formula is C15H26N4O3. The van der Waals surface area contributed by atoms with E-state index >= 15 is 0 Å². The van der Waals surface area contributed by atoms with Gasteiger partial charge in [-0.05, 0) is 51.6 Å². The van der Waals surface area contributed by atoms with Crippen molar-refractivity contribution in [2.75, 3.05) is 18.0 Å². The standard InChI is InChI=1S/C15H26N4O3/c1-10-7-6-8-19(9-10)13-17-12(22-18-13)11(2)16-14(20)21-15(3,4)5/h10-11H,6-9H2,1-5H3,(H,16,20)/t10-,11+/m0/s1. The Bertz CT molecular complexity index is 509. The van der Waals surface area contributed by atoms with Gasteiger partial charge in [-0.2, -0.15) is 4.98 Å². The Morgan fingerprint density at radius 1 is 1.50 bits per heavy atom. The van der Waals surface area contributed by atoms with E-state index in [2.05, 4.69) is 27.3 Å². The molecule has 1 N–H and O–H groups in total. The lowest BCUT2D eigenvalue weighted by molar-refractivity contribution is 0.0499. The quantitative estimate of drug-likeness (QED) is 0.924. The monoisotopic (exact) mass is 310 g/mol. The van der Waals surface area contributed by atoms with Crippen LogP contribution in [0.2, 0.25) is 0 Å². The van der Waals surface area contributed by atoms with Gasteiger partial charge < -0.3 is 19.5 Å². The third-order valence-corrected chi connectivity index (χ3v) is 3.47. The molecule has 1 aliphatic heterocycles. The van der Waals surface area contributed by atoms with Gasteiger partial charge in [-0.1, -0.05) is 6.92 Å². The van der Waals surface area contributed by atoms with Crippen molar-refractivity contribution < 1.29 is 14.1 Å². The van der Waals surface area contributed by atoms with E-state index in [0.29, 0.717) is 17.8 Å². The minimum Gasteiger partial charge on any atom is -0.444 e. The van der Waals surface area contributed by atoms with Crippen LogP contribution in [0.3, 0.4) is 0 Å². The minimum absolute atomic E-state index is 0.388. The lowest BCUT2D eigenvalue weighted by Gasteiger charge is -2.29. The lowest BCUT2D eigenvalue weighted by atomic mass is 10.0. The Labute approximate surface area is 131 Å². The van der Waals surface area contributed by atoms with E-state index in [-0.39, 0.29) is 0 Å². The zero-order chi connectivity index (χ0) is 16.3. The molecule has 0 spiro atoms. The average molecular weight is 310 g/mol. The molecule has 1 aromatic rings. The number of ether oxygens (including phenoxy) is 1. The molecular weight excluding hydrogens is 284 g/mol. The Kier molecular flexibility index (Phi) is 4.93. The number of hydrogen-bond donors (Lipinski definition) is 1. The molecule has 1 amide bonds. The molecule has 124 valence electrons. The van der Waals surface area contributed by atoms with Crippen molar-refractivity contribution >= 4 is 12.0 Å². The van der Waals surface area contributed by atoms with Crippen molar-refractivity contribution in [3.63, 3.8) is 0 Å². The molecule has 0 aliphatic carbocycles. The summed E-state index contributed by atoms with van der Waals surface area (Å²) < 4.78 is 10.5. The Morgan fingerprint density at radius 3 is 2.86 bits per heavy atom. The van der Waals surface area contributed by atoms with Gasteiger partial charge in [-0.3, -0.25) is 0 Å². The van der Waals surface area contributed by atoms with Crippen LogP contribution in [0.15, 0.2) is 4.52 Å². The molecule has 0 bridgehead atoms. The Morgan fingerprint density at radius 2 is 2.23 bits per heavy atom. The van der Waals surface area contributed by atoms with Crippen LogP contribution in [0.4, 0.5) is 10.7 Å². The Hall–Kier alpha value is -1.79. The summed E-state index contributed by atoms with van der Waals surface area (Å²) >= 11 is 0. The second-order valence-corrected chi connectivity index (χ2v) is 6.99. The summed E-state index contributed by atoms with van der Waals surface area (Å²) in [6.45, 7) is 11.3. The fourth-order valence-corrected chi connectivity index (χ4v) is 2.45. The van der Waals surface area contributed by atoms with Gasteiger partial charge in [0.05, 0.1) is 0 Å². The largest absolute Gasteiger partial charge is 0.444 e. The topological polar surface area (TPSA) is 80.5 Å². The summed E-state index contributed by atoms with van der Waals surface area (Å²) in [7, 11) is 0. The molecule has 1 aliphatic rings. The highest BCUT2D eigenvalue weighted by molar-refractivity contribution is 5.68. The summed E-state index contributed by atoms with van der Waals surface area (Å²) in [6.07, 6.45) is 1.88. The maximum absolute atomic E-state index is 11.8. The van der Waals surface area contributed by atoms with Crippen LogP contribution >= 0.6 is 0 Å². The summed E-state index contributed by atoms with van der Waals surface area (Å²) in [5.41, 5.74) is -0.534. The fourth-order valence-electron chi connectivity index (χ4n) is 2.45. The van der Waals surface area contributed by atoms with Crippen LogP contribution in [-0.4, -0.2) is 34.9 Å². The molecule has 1 aromatic heterocycles. The predicted octanol–water partition coefficient (Wildman–Crippen LogP) is 2.89. The number of nitrogens with one attached hydrogen (secondary N) is 1. The van der Waals surface area contributed by atoms with Gasteiger partial charge in [0.1, 0.15) is 11.6 Å². The van der Waals surface area contributed by atoms with E-state index in [0.717, 1.165) is 19.5 Å². The first kappa shape index (κ1) is 16.6. The number of piperidine rings is 1. The highest BCUT2D eigenvalue weighted by Crippen LogP contribution is 2.22. The molecule has 7 nitrogen and oxygen atoms in total. The SMILES string of the molecule is C[C@H]1CCCN(c2noc([C@@H](C)NC(=O)OC(C)(C)C)n2)C1. The molecule has 7 heteroatoms. The van der Waals surface area contributed by atoms with E-state index in [1.165, 1.54) is 6.42 Å². The van der Waals surface area contributed by atoms with E-state index in [9.17, 15) is 4.79 Å². The van der Waals surface area contributed by atoms with Crippen molar-refractivity contribution in [2.24, 2.45) is 5.92 Å². The number of aromatic nitrogens is 2. The second-order valence-electron chi connectivity index (χ2n) is 6.99. The van der Waals surface area contributed by atoms with Crippen LogP contribution in [0.1, 0.15) is 59.4 Å². The van der Waals surface area contributed by atoms with Gasteiger partial charge in [0.15, 0.2) is 0 Å². The summed E-state index contributed by atoms with van der Waals surface area (Å²) in [6, 6.07) is -0.390. The average Bonchev–Trinajstić information content (AvgIpc) is 2.85. The number of carbonyl (C=O) groups excluding carboxylic acids is 1. The van der Waals surface area contributed by atoms with Crippen molar-refractivity contribution in [2.45, 2.75) is 59.1 Å². The first-order chi connectivity index (χ1) is 10.2.